The fraction of sp³-hybridized carbons (Fsp3) is 0.455. The summed E-state index contributed by atoms with van der Waals surface area (Å²) in [6.07, 6.45) is 7.45. The predicted octanol–water partition coefficient (Wildman–Crippen LogP) is 1.04. The van der Waals surface area contributed by atoms with E-state index in [9.17, 15) is 0 Å². The van der Waals surface area contributed by atoms with Gasteiger partial charge in [0.05, 0.1) is 6.04 Å². The van der Waals surface area contributed by atoms with Crippen LogP contribution < -0.4 is 5.32 Å². The fourth-order valence-corrected chi connectivity index (χ4v) is 1.82. The van der Waals surface area contributed by atoms with Crippen molar-refractivity contribution in [1.82, 2.24) is 25.1 Å². The largest absolute Gasteiger partial charge is 0.347 e. The Balaban J connectivity index is 1.96. The Morgan fingerprint density at radius 2 is 2.38 bits per heavy atom. The molecule has 5 heteroatoms. The molecule has 0 radical (unpaired) electrons. The first kappa shape index (κ1) is 10.9. The Kier molecular flexibility index (Phi) is 3.36. The molecular formula is C11H17N5. The highest BCUT2D eigenvalue weighted by atomic mass is 15.2. The zero-order chi connectivity index (χ0) is 11.4. The molecule has 0 aliphatic carbocycles. The first-order chi connectivity index (χ1) is 7.81. The van der Waals surface area contributed by atoms with E-state index in [0.29, 0.717) is 0 Å². The van der Waals surface area contributed by atoms with E-state index in [0.717, 1.165) is 18.7 Å². The van der Waals surface area contributed by atoms with Crippen molar-refractivity contribution in [3.63, 3.8) is 0 Å². The molecule has 0 aliphatic heterocycles. The third-order valence-corrected chi connectivity index (χ3v) is 2.81. The maximum absolute atomic E-state index is 4.27. The molecule has 0 saturated heterocycles. The van der Waals surface area contributed by atoms with Crippen molar-refractivity contribution in [3.05, 3.63) is 36.2 Å². The highest BCUT2D eigenvalue weighted by Gasteiger charge is 2.12. The van der Waals surface area contributed by atoms with E-state index < -0.39 is 0 Å². The van der Waals surface area contributed by atoms with Crippen molar-refractivity contribution in [1.29, 1.82) is 0 Å². The first-order valence-corrected chi connectivity index (χ1v) is 5.44. The fourth-order valence-electron chi connectivity index (χ4n) is 1.82. The molecule has 5 nitrogen and oxygen atoms in total. The predicted molar refractivity (Wildman–Crippen MR) is 61.9 cm³/mol. The van der Waals surface area contributed by atoms with Crippen LogP contribution in [0.1, 0.15) is 24.0 Å². The number of rotatable bonds is 5. The lowest BCUT2D eigenvalue weighted by molar-refractivity contribution is 0.514. The minimum absolute atomic E-state index is 0.268. The van der Waals surface area contributed by atoms with Crippen molar-refractivity contribution in [2.45, 2.75) is 18.9 Å². The van der Waals surface area contributed by atoms with Crippen LogP contribution in [0.4, 0.5) is 0 Å². The Hall–Kier alpha value is -1.62. The molecule has 2 aromatic heterocycles. The molecule has 2 rings (SSSR count). The van der Waals surface area contributed by atoms with Gasteiger partial charge >= 0.3 is 0 Å². The van der Waals surface area contributed by atoms with Crippen LogP contribution >= 0.6 is 0 Å². The monoisotopic (exact) mass is 219 g/mol. The Morgan fingerprint density at radius 3 is 2.94 bits per heavy atom. The van der Waals surface area contributed by atoms with Gasteiger partial charge in [0.1, 0.15) is 5.82 Å². The van der Waals surface area contributed by atoms with Crippen LogP contribution in [-0.2, 0) is 13.5 Å². The van der Waals surface area contributed by atoms with Crippen molar-refractivity contribution < 1.29 is 0 Å². The smallest absolute Gasteiger partial charge is 0.123 e. The number of hydrogen-bond acceptors (Lipinski definition) is 3. The average Bonchev–Trinajstić information content (AvgIpc) is 2.92. The van der Waals surface area contributed by atoms with Gasteiger partial charge in [0.2, 0.25) is 0 Å². The lowest BCUT2D eigenvalue weighted by Gasteiger charge is -2.13. The molecule has 0 fully saturated rings. The second-order valence-electron chi connectivity index (χ2n) is 3.80. The summed E-state index contributed by atoms with van der Waals surface area (Å²) in [6.45, 7) is 0. The molecule has 0 aromatic carbocycles. The summed E-state index contributed by atoms with van der Waals surface area (Å²) >= 11 is 0. The van der Waals surface area contributed by atoms with Crippen LogP contribution in [0.5, 0.6) is 0 Å². The van der Waals surface area contributed by atoms with Gasteiger partial charge in [-0.25, -0.2) is 4.98 Å². The minimum atomic E-state index is 0.268. The third kappa shape index (κ3) is 2.30. The van der Waals surface area contributed by atoms with E-state index in [-0.39, 0.29) is 6.04 Å². The lowest BCUT2D eigenvalue weighted by Crippen LogP contribution is -2.19. The van der Waals surface area contributed by atoms with Gasteiger partial charge in [0.15, 0.2) is 0 Å². The van der Waals surface area contributed by atoms with E-state index in [4.69, 9.17) is 0 Å². The summed E-state index contributed by atoms with van der Waals surface area (Å²) in [5.74, 6) is 0.990. The summed E-state index contributed by atoms with van der Waals surface area (Å²) in [5, 5.41) is 7.42. The van der Waals surface area contributed by atoms with Crippen LogP contribution in [0.2, 0.25) is 0 Å². The molecule has 16 heavy (non-hydrogen) atoms. The van der Waals surface area contributed by atoms with Crippen molar-refractivity contribution in [2.24, 2.45) is 7.05 Å². The highest BCUT2D eigenvalue weighted by Crippen LogP contribution is 2.14. The van der Waals surface area contributed by atoms with E-state index in [1.54, 1.807) is 6.20 Å². The van der Waals surface area contributed by atoms with Crippen LogP contribution in [-0.4, -0.2) is 26.8 Å². The van der Waals surface area contributed by atoms with Gasteiger partial charge in [0.25, 0.3) is 0 Å². The maximum Gasteiger partial charge on any atom is 0.123 e. The van der Waals surface area contributed by atoms with Crippen LogP contribution in [0.25, 0.3) is 0 Å². The van der Waals surface area contributed by atoms with Gasteiger partial charge in [-0.1, -0.05) is 0 Å². The van der Waals surface area contributed by atoms with E-state index in [2.05, 4.69) is 26.4 Å². The Labute approximate surface area is 94.9 Å². The van der Waals surface area contributed by atoms with Crippen LogP contribution in [0.15, 0.2) is 24.7 Å². The normalized spacial score (nSPS) is 12.9. The molecule has 0 aliphatic rings. The second-order valence-corrected chi connectivity index (χ2v) is 3.80. The zero-order valence-electron chi connectivity index (χ0n) is 9.64. The number of aromatic amines is 1. The van der Waals surface area contributed by atoms with Gasteiger partial charge < -0.3 is 10.3 Å². The minimum Gasteiger partial charge on any atom is -0.347 e. The summed E-state index contributed by atoms with van der Waals surface area (Å²) in [6, 6.07) is 2.32. The van der Waals surface area contributed by atoms with Crippen LogP contribution in [0, 0.1) is 0 Å². The molecule has 86 valence electrons. The topological polar surface area (TPSA) is 58.5 Å². The number of aryl methyl sites for hydroxylation is 2. The molecule has 0 spiro atoms. The van der Waals surface area contributed by atoms with E-state index in [1.165, 1.54) is 5.69 Å². The standard InChI is InChI=1S/C11H17N5/c1-12-10(11-13-7-8-14-11)4-3-9-5-6-15-16(9)2/h5-8,10,12H,3-4H2,1-2H3,(H,13,14). The molecule has 0 saturated carbocycles. The molecule has 0 bridgehead atoms. The molecule has 2 aromatic rings. The molecule has 1 atom stereocenters. The molecule has 0 amide bonds. The summed E-state index contributed by atoms with van der Waals surface area (Å²) in [7, 11) is 3.92. The van der Waals surface area contributed by atoms with E-state index >= 15 is 0 Å². The number of imidazole rings is 1. The quantitative estimate of drug-likeness (QED) is 0.790. The number of aromatic nitrogens is 4. The Bertz CT molecular complexity index is 417. The number of hydrogen-bond donors (Lipinski definition) is 2. The third-order valence-electron chi connectivity index (χ3n) is 2.81. The van der Waals surface area contributed by atoms with Gasteiger partial charge in [-0.3, -0.25) is 4.68 Å². The van der Waals surface area contributed by atoms with Gasteiger partial charge in [-0.05, 0) is 26.0 Å². The molecular weight excluding hydrogens is 202 g/mol. The number of nitrogens with zero attached hydrogens (tertiary/aromatic N) is 3. The van der Waals surface area contributed by atoms with E-state index in [1.807, 2.05) is 31.2 Å². The molecule has 2 N–H and O–H groups in total. The van der Waals surface area contributed by atoms with Gasteiger partial charge in [-0.15, -0.1) is 0 Å². The SMILES string of the molecule is CNC(CCc1ccnn1C)c1ncc[nH]1. The lowest BCUT2D eigenvalue weighted by atomic mass is 10.1. The maximum atomic E-state index is 4.27. The first-order valence-electron chi connectivity index (χ1n) is 5.44. The second kappa shape index (κ2) is 4.94. The van der Waals surface area contributed by atoms with Crippen molar-refractivity contribution in [3.8, 4) is 0 Å². The number of H-pyrrole nitrogens is 1. The highest BCUT2D eigenvalue weighted by molar-refractivity contribution is 5.02. The molecule has 2 heterocycles. The van der Waals surface area contributed by atoms with Crippen LogP contribution in [0.3, 0.4) is 0 Å². The zero-order valence-corrected chi connectivity index (χ0v) is 9.64. The van der Waals surface area contributed by atoms with Gasteiger partial charge in [0, 0.05) is 31.3 Å². The summed E-state index contributed by atoms with van der Waals surface area (Å²) < 4.78 is 1.91. The summed E-state index contributed by atoms with van der Waals surface area (Å²) in [5.41, 5.74) is 1.24. The average molecular weight is 219 g/mol. The molecule has 1 unspecified atom stereocenters. The number of nitrogens with one attached hydrogen (secondary N) is 2. The van der Waals surface area contributed by atoms with Crippen molar-refractivity contribution >= 4 is 0 Å². The van der Waals surface area contributed by atoms with Gasteiger partial charge in [-0.2, -0.15) is 5.10 Å². The Morgan fingerprint density at radius 1 is 1.50 bits per heavy atom. The van der Waals surface area contributed by atoms with Crippen molar-refractivity contribution in [2.75, 3.05) is 7.05 Å². The summed E-state index contributed by atoms with van der Waals surface area (Å²) in [4.78, 5) is 7.41.